The van der Waals surface area contributed by atoms with Gasteiger partial charge in [0.05, 0.1) is 26.2 Å². The van der Waals surface area contributed by atoms with Gasteiger partial charge in [-0.2, -0.15) is 4.98 Å². The van der Waals surface area contributed by atoms with E-state index in [0.29, 0.717) is 49.5 Å². The van der Waals surface area contributed by atoms with Crippen LogP contribution in [0.2, 0.25) is 0 Å². The fourth-order valence-electron chi connectivity index (χ4n) is 4.40. The first-order chi connectivity index (χ1) is 16.7. The van der Waals surface area contributed by atoms with E-state index in [9.17, 15) is 4.79 Å². The molecule has 1 atom stereocenters. The van der Waals surface area contributed by atoms with E-state index in [1.54, 1.807) is 6.20 Å². The van der Waals surface area contributed by atoms with Crippen molar-refractivity contribution < 1.29 is 19.0 Å². The van der Waals surface area contributed by atoms with Crippen molar-refractivity contribution in [1.82, 2.24) is 14.9 Å². The third-order valence-corrected chi connectivity index (χ3v) is 7.24. The van der Waals surface area contributed by atoms with Crippen molar-refractivity contribution in [3.8, 4) is 16.9 Å². The first-order valence-corrected chi connectivity index (χ1v) is 12.3. The first kappa shape index (κ1) is 21.5. The highest BCUT2D eigenvalue weighted by Gasteiger charge is 2.34. The van der Waals surface area contributed by atoms with Gasteiger partial charge in [0.25, 0.3) is 0 Å². The van der Waals surface area contributed by atoms with Gasteiger partial charge < -0.3 is 24.4 Å². The van der Waals surface area contributed by atoms with Gasteiger partial charge in [-0.15, -0.1) is 11.3 Å². The molecule has 2 saturated heterocycles. The molecule has 5 heterocycles. The average Bonchev–Trinajstić information content (AvgIpc) is 3.56. The molecule has 3 aliphatic heterocycles. The minimum atomic E-state index is -0.233. The normalized spacial score (nSPS) is 20.8. The second kappa shape index (κ2) is 9.30. The zero-order chi connectivity index (χ0) is 22.9. The number of morpholine rings is 1. The van der Waals surface area contributed by atoms with Crippen LogP contribution in [0.15, 0.2) is 41.9 Å². The third-order valence-electron chi connectivity index (χ3n) is 6.24. The van der Waals surface area contributed by atoms with Crippen molar-refractivity contribution in [1.29, 1.82) is 0 Å². The van der Waals surface area contributed by atoms with Crippen molar-refractivity contribution in [2.45, 2.75) is 12.6 Å². The molecule has 1 N–H and O–H groups in total. The molecule has 1 unspecified atom stereocenters. The SMILES string of the molecule is O=C1CC(N2CCOCC2)Oc2c(-c3ccc(Nc4nccc(N5CCOC5)n4)cc3)csc21. The van der Waals surface area contributed by atoms with Crippen LogP contribution < -0.4 is 15.0 Å². The van der Waals surface area contributed by atoms with E-state index >= 15 is 0 Å². The fourth-order valence-corrected chi connectivity index (χ4v) is 5.35. The van der Waals surface area contributed by atoms with Crippen LogP contribution in [-0.4, -0.2) is 73.1 Å². The molecule has 10 heteroatoms. The van der Waals surface area contributed by atoms with Crippen molar-refractivity contribution in [3.63, 3.8) is 0 Å². The molecule has 6 rings (SSSR count). The molecule has 3 aliphatic rings. The summed E-state index contributed by atoms with van der Waals surface area (Å²) in [6, 6.07) is 9.90. The zero-order valence-corrected chi connectivity index (χ0v) is 19.4. The largest absolute Gasteiger partial charge is 0.472 e. The molecule has 2 aromatic heterocycles. The summed E-state index contributed by atoms with van der Waals surface area (Å²) in [5.74, 6) is 2.22. The lowest BCUT2D eigenvalue weighted by Gasteiger charge is -2.36. The number of fused-ring (bicyclic) bond motifs is 1. The number of carbonyl (C=O) groups excluding carboxylic acids is 1. The Labute approximate surface area is 201 Å². The number of ether oxygens (including phenoxy) is 3. The van der Waals surface area contributed by atoms with Gasteiger partial charge in [-0.3, -0.25) is 9.69 Å². The monoisotopic (exact) mass is 479 g/mol. The van der Waals surface area contributed by atoms with Crippen molar-refractivity contribution >= 4 is 34.6 Å². The van der Waals surface area contributed by atoms with Gasteiger partial charge in [0.2, 0.25) is 5.95 Å². The summed E-state index contributed by atoms with van der Waals surface area (Å²) in [7, 11) is 0. The smallest absolute Gasteiger partial charge is 0.229 e. The van der Waals surface area contributed by atoms with Gasteiger partial charge in [-0.1, -0.05) is 12.1 Å². The number of thiophene rings is 1. The summed E-state index contributed by atoms with van der Waals surface area (Å²) in [6.07, 6.45) is 1.90. The van der Waals surface area contributed by atoms with Crippen molar-refractivity contribution in [2.75, 3.05) is 56.4 Å². The Balaban J connectivity index is 1.19. The highest BCUT2D eigenvalue weighted by atomic mass is 32.1. The zero-order valence-electron chi connectivity index (χ0n) is 18.6. The molecule has 0 aliphatic carbocycles. The minimum absolute atomic E-state index is 0.146. The van der Waals surface area contributed by atoms with Gasteiger partial charge in [-0.05, 0) is 23.8 Å². The third kappa shape index (κ3) is 4.25. The van der Waals surface area contributed by atoms with Gasteiger partial charge in [0.15, 0.2) is 17.8 Å². The van der Waals surface area contributed by atoms with Crippen LogP contribution in [-0.2, 0) is 9.47 Å². The van der Waals surface area contributed by atoms with Gasteiger partial charge in [-0.25, -0.2) is 4.98 Å². The first-order valence-electron chi connectivity index (χ1n) is 11.4. The molecule has 0 spiro atoms. The highest BCUT2D eigenvalue weighted by Crippen LogP contribution is 2.43. The summed E-state index contributed by atoms with van der Waals surface area (Å²) in [6.45, 7) is 4.99. The maximum absolute atomic E-state index is 12.8. The van der Waals surface area contributed by atoms with E-state index in [4.69, 9.17) is 14.2 Å². The van der Waals surface area contributed by atoms with Gasteiger partial charge in [0.1, 0.15) is 17.4 Å². The Kier molecular flexibility index (Phi) is 5.88. The number of anilines is 3. The Hall–Kier alpha value is -3.05. The summed E-state index contributed by atoms with van der Waals surface area (Å²) in [5, 5.41) is 5.28. The number of hydrogen-bond donors (Lipinski definition) is 1. The molecule has 2 fully saturated rings. The van der Waals surface area contributed by atoms with Crippen molar-refractivity contribution in [3.05, 3.63) is 46.8 Å². The van der Waals surface area contributed by atoms with Crippen LogP contribution in [0.5, 0.6) is 5.75 Å². The summed E-state index contributed by atoms with van der Waals surface area (Å²) < 4.78 is 17.2. The maximum Gasteiger partial charge on any atom is 0.229 e. The second-order valence-corrected chi connectivity index (χ2v) is 9.28. The lowest BCUT2D eigenvalue weighted by atomic mass is 10.0. The molecule has 176 valence electrons. The van der Waals surface area contributed by atoms with Crippen LogP contribution in [0, 0.1) is 0 Å². The number of ketones is 1. The van der Waals surface area contributed by atoms with Gasteiger partial charge in [0, 0.05) is 42.5 Å². The standard InChI is InChI=1S/C24H25N5O4S/c30-19-13-21(28-7-10-31-11-8-28)33-22-18(14-34-23(19)22)16-1-3-17(4-2-16)26-24-25-6-5-20(27-24)29-9-12-32-15-29/h1-6,14,21H,7-13,15H2,(H,25,26,27). The lowest BCUT2D eigenvalue weighted by Crippen LogP contribution is -2.48. The minimum Gasteiger partial charge on any atom is -0.472 e. The molecule has 9 nitrogen and oxygen atoms in total. The van der Waals surface area contributed by atoms with E-state index in [-0.39, 0.29) is 12.0 Å². The molecule has 0 bridgehead atoms. The average molecular weight is 480 g/mol. The highest BCUT2D eigenvalue weighted by molar-refractivity contribution is 7.13. The molecule has 0 amide bonds. The molecule has 34 heavy (non-hydrogen) atoms. The summed E-state index contributed by atoms with van der Waals surface area (Å²) in [4.78, 5) is 26.7. The molecule has 3 aromatic rings. The molecular formula is C24H25N5O4S. The molecular weight excluding hydrogens is 454 g/mol. The van der Waals surface area contributed by atoms with Crippen molar-refractivity contribution in [2.24, 2.45) is 0 Å². The van der Waals surface area contributed by atoms with E-state index in [2.05, 4.69) is 25.1 Å². The van der Waals surface area contributed by atoms with E-state index in [1.165, 1.54) is 11.3 Å². The number of benzene rings is 1. The molecule has 0 radical (unpaired) electrons. The van der Waals surface area contributed by atoms with Crippen LogP contribution in [0.3, 0.4) is 0 Å². The predicted molar refractivity (Wildman–Crippen MR) is 129 cm³/mol. The van der Waals surface area contributed by atoms with Crippen LogP contribution in [0.1, 0.15) is 16.1 Å². The number of nitrogens with one attached hydrogen (secondary N) is 1. The van der Waals surface area contributed by atoms with E-state index < -0.39 is 0 Å². The fraction of sp³-hybridized carbons (Fsp3) is 0.375. The second-order valence-electron chi connectivity index (χ2n) is 8.40. The van der Waals surface area contributed by atoms with E-state index in [1.807, 2.05) is 35.7 Å². The Morgan fingerprint density at radius 2 is 1.85 bits per heavy atom. The lowest BCUT2D eigenvalue weighted by molar-refractivity contribution is -0.0483. The summed E-state index contributed by atoms with van der Waals surface area (Å²) in [5.41, 5.74) is 2.83. The number of rotatable bonds is 5. The molecule has 1 aromatic carbocycles. The quantitative estimate of drug-likeness (QED) is 0.592. The van der Waals surface area contributed by atoms with Crippen LogP contribution in [0.4, 0.5) is 17.5 Å². The topological polar surface area (TPSA) is 89.1 Å². The Morgan fingerprint density at radius 1 is 1.03 bits per heavy atom. The Bertz CT molecular complexity index is 1170. The molecule has 0 saturated carbocycles. The van der Waals surface area contributed by atoms with Crippen LogP contribution >= 0.6 is 11.3 Å². The number of Topliss-reactive ketones (excluding diaryl/α,β-unsaturated/α-hetero) is 1. The van der Waals surface area contributed by atoms with Gasteiger partial charge >= 0.3 is 0 Å². The number of hydrogen-bond acceptors (Lipinski definition) is 10. The number of carbonyl (C=O) groups is 1. The predicted octanol–water partition coefficient (Wildman–Crippen LogP) is 3.37. The van der Waals surface area contributed by atoms with E-state index in [0.717, 1.165) is 42.3 Å². The number of aromatic nitrogens is 2. The Morgan fingerprint density at radius 3 is 2.65 bits per heavy atom. The summed E-state index contributed by atoms with van der Waals surface area (Å²) >= 11 is 1.46. The van der Waals surface area contributed by atoms with Crippen LogP contribution in [0.25, 0.3) is 11.1 Å². The number of nitrogens with zero attached hydrogens (tertiary/aromatic N) is 4. The maximum atomic E-state index is 12.8.